The second-order valence-electron chi connectivity index (χ2n) is 8.79. The summed E-state index contributed by atoms with van der Waals surface area (Å²) < 4.78 is 7.00. The Morgan fingerprint density at radius 2 is 1.88 bits per heavy atom. The van der Waals surface area contributed by atoms with Gasteiger partial charge in [-0.15, -0.1) is 0 Å². The number of piperazine rings is 1. The Morgan fingerprint density at radius 1 is 1.09 bits per heavy atom. The molecule has 0 aliphatic carbocycles. The molecule has 0 amide bonds. The number of hydrogen-bond donors (Lipinski definition) is 2. The van der Waals surface area contributed by atoms with Gasteiger partial charge < -0.3 is 19.9 Å². The minimum atomic E-state index is -0.255. The van der Waals surface area contributed by atoms with E-state index in [4.69, 9.17) is 9.84 Å². The molecule has 1 saturated heterocycles. The van der Waals surface area contributed by atoms with Crippen LogP contribution in [0.1, 0.15) is 5.56 Å². The van der Waals surface area contributed by atoms with E-state index in [0.717, 1.165) is 43.0 Å². The Balaban J connectivity index is 1.38. The second kappa shape index (κ2) is 8.14. The standard InChI is InChI=1S/C24H26N8O2/c1-15-19(14-26-24-21(15)25-7-12-34-24)32-20(33)13-18-23(29-32)22(28-27-18)16-3-5-17(6-4-16)31-10-8-30(2)9-11-31/h3-6,13-14,25,27H,7-12H2,1-2H3. The molecular weight excluding hydrogens is 432 g/mol. The van der Waals surface area contributed by atoms with Gasteiger partial charge in [0.15, 0.2) is 0 Å². The van der Waals surface area contributed by atoms with Crippen molar-refractivity contribution in [2.75, 3.05) is 56.6 Å². The zero-order valence-electron chi connectivity index (χ0n) is 19.2. The fourth-order valence-electron chi connectivity index (χ4n) is 4.58. The highest BCUT2D eigenvalue weighted by molar-refractivity contribution is 5.89. The molecule has 34 heavy (non-hydrogen) atoms. The fraction of sp³-hybridized carbons (Fsp3) is 0.333. The number of hydrogen-bond acceptors (Lipinski definition) is 8. The number of nitrogens with zero attached hydrogens (tertiary/aromatic N) is 6. The number of likely N-dealkylation sites (N-methyl/N-ethyl adjacent to an activating group) is 1. The molecule has 0 bridgehead atoms. The Kier molecular flexibility index (Phi) is 4.95. The van der Waals surface area contributed by atoms with Crippen LogP contribution in [0.15, 0.2) is 41.3 Å². The third kappa shape index (κ3) is 3.47. The van der Waals surface area contributed by atoms with Crippen LogP contribution in [0.25, 0.3) is 28.0 Å². The molecule has 174 valence electrons. The van der Waals surface area contributed by atoms with Crippen LogP contribution in [0.4, 0.5) is 11.4 Å². The molecule has 0 spiro atoms. The predicted molar refractivity (Wildman–Crippen MR) is 131 cm³/mol. The van der Waals surface area contributed by atoms with Crippen molar-refractivity contribution in [2.24, 2.45) is 0 Å². The number of aromatic nitrogens is 5. The van der Waals surface area contributed by atoms with E-state index in [1.165, 1.54) is 16.4 Å². The van der Waals surface area contributed by atoms with E-state index in [2.05, 4.69) is 61.6 Å². The van der Waals surface area contributed by atoms with Crippen LogP contribution in [0.5, 0.6) is 5.88 Å². The Hall–Kier alpha value is -3.92. The quantitative estimate of drug-likeness (QED) is 0.481. The summed E-state index contributed by atoms with van der Waals surface area (Å²) in [5, 5.41) is 15.4. The summed E-state index contributed by atoms with van der Waals surface area (Å²) in [5.41, 5.74) is 6.10. The molecule has 0 saturated carbocycles. The first-order valence-corrected chi connectivity index (χ1v) is 11.5. The molecule has 2 N–H and O–H groups in total. The van der Waals surface area contributed by atoms with Gasteiger partial charge in [0.05, 0.1) is 17.4 Å². The van der Waals surface area contributed by atoms with E-state index < -0.39 is 0 Å². The molecule has 5 heterocycles. The van der Waals surface area contributed by atoms with Crippen LogP contribution in [-0.4, -0.2) is 76.2 Å². The van der Waals surface area contributed by atoms with Crippen LogP contribution in [0.3, 0.4) is 0 Å². The van der Waals surface area contributed by atoms with Gasteiger partial charge in [0.25, 0.3) is 5.56 Å². The van der Waals surface area contributed by atoms with E-state index in [0.29, 0.717) is 41.4 Å². The Bertz CT molecular complexity index is 1420. The first-order valence-electron chi connectivity index (χ1n) is 11.5. The first-order chi connectivity index (χ1) is 16.6. The zero-order valence-corrected chi connectivity index (χ0v) is 19.2. The maximum atomic E-state index is 12.9. The lowest BCUT2D eigenvalue weighted by molar-refractivity contribution is 0.310. The summed E-state index contributed by atoms with van der Waals surface area (Å²) in [6, 6.07) is 9.90. The number of benzene rings is 1. The molecule has 10 heteroatoms. The number of aromatic amines is 1. The van der Waals surface area contributed by atoms with Crippen LogP contribution in [-0.2, 0) is 0 Å². The number of nitrogens with one attached hydrogen (secondary N) is 2. The number of rotatable bonds is 3. The highest BCUT2D eigenvalue weighted by atomic mass is 16.5. The highest BCUT2D eigenvalue weighted by Crippen LogP contribution is 2.32. The van der Waals surface area contributed by atoms with Gasteiger partial charge >= 0.3 is 0 Å². The second-order valence-corrected chi connectivity index (χ2v) is 8.79. The van der Waals surface area contributed by atoms with Crippen molar-refractivity contribution < 1.29 is 4.74 Å². The number of ether oxygens (including phenoxy) is 1. The van der Waals surface area contributed by atoms with E-state index in [1.807, 2.05) is 6.92 Å². The van der Waals surface area contributed by atoms with E-state index in [1.54, 1.807) is 6.20 Å². The van der Waals surface area contributed by atoms with Gasteiger partial charge in [0, 0.05) is 55.6 Å². The van der Waals surface area contributed by atoms with E-state index in [9.17, 15) is 4.79 Å². The van der Waals surface area contributed by atoms with Gasteiger partial charge in [0.2, 0.25) is 5.88 Å². The smallest absolute Gasteiger partial charge is 0.273 e. The minimum absolute atomic E-state index is 0.255. The lowest BCUT2D eigenvalue weighted by Crippen LogP contribution is -2.44. The van der Waals surface area contributed by atoms with Gasteiger partial charge in [-0.25, -0.2) is 4.98 Å². The topological polar surface area (TPSA) is 104 Å². The SMILES string of the molecule is Cc1c(-n2nc3c(-c4ccc(N5CCN(C)CC5)cc4)n[nH]c3cc2=O)cnc2c1NCCO2. The van der Waals surface area contributed by atoms with Crippen molar-refractivity contribution in [3.63, 3.8) is 0 Å². The van der Waals surface area contributed by atoms with Gasteiger partial charge in [-0.2, -0.15) is 14.9 Å². The van der Waals surface area contributed by atoms with E-state index >= 15 is 0 Å². The fourth-order valence-corrected chi connectivity index (χ4v) is 4.58. The van der Waals surface area contributed by atoms with Gasteiger partial charge in [-0.05, 0) is 26.1 Å². The Morgan fingerprint density at radius 3 is 2.68 bits per heavy atom. The molecule has 4 aromatic rings. The van der Waals surface area contributed by atoms with Crippen molar-refractivity contribution >= 4 is 22.4 Å². The first kappa shape index (κ1) is 20.7. The molecule has 0 radical (unpaired) electrons. The van der Waals surface area contributed by atoms with Crippen molar-refractivity contribution in [3.05, 3.63) is 52.4 Å². The van der Waals surface area contributed by atoms with E-state index in [-0.39, 0.29) is 5.56 Å². The predicted octanol–water partition coefficient (Wildman–Crippen LogP) is 2.04. The van der Waals surface area contributed by atoms with Crippen molar-refractivity contribution in [3.8, 4) is 22.8 Å². The summed E-state index contributed by atoms with van der Waals surface area (Å²) in [7, 11) is 2.15. The van der Waals surface area contributed by atoms with Crippen LogP contribution >= 0.6 is 0 Å². The molecule has 10 nitrogen and oxygen atoms in total. The lowest BCUT2D eigenvalue weighted by atomic mass is 10.1. The maximum Gasteiger partial charge on any atom is 0.273 e. The lowest BCUT2D eigenvalue weighted by Gasteiger charge is -2.34. The summed E-state index contributed by atoms with van der Waals surface area (Å²) >= 11 is 0. The molecule has 1 aromatic carbocycles. The van der Waals surface area contributed by atoms with Crippen molar-refractivity contribution in [1.82, 2.24) is 29.9 Å². The molecule has 3 aromatic heterocycles. The summed E-state index contributed by atoms with van der Waals surface area (Å²) in [5.74, 6) is 0.547. The molecular formula is C24H26N8O2. The summed E-state index contributed by atoms with van der Waals surface area (Å²) in [6.45, 7) is 7.35. The summed E-state index contributed by atoms with van der Waals surface area (Å²) in [6.07, 6.45) is 1.63. The monoisotopic (exact) mass is 458 g/mol. The summed E-state index contributed by atoms with van der Waals surface area (Å²) in [4.78, 5) is 22.0. The van der Waals surface area contributed by atoms with Gasteiger partial charge in [-0.3, -0.25) is 9.89 Å². The zero-order chi connectivity index (χ0) is 23.2. The normalized spacial score (nSPS) is 16.2. The minimum Gasteiger partial charge on any atom is -0.474 e. The van der Waals surface area contributed by atoms with Crippen LogP contribution in [0.2, 0.25) is 0 Å². The number of fused-ring (bicyclic) bond motifs is 2. The maximum absolute atomic E-state index is 12.9. The third-order valence-electron chi connectivity index (χ3n) is 6.60. The number of anilines is 2. The van der Waals surface area contributed by atoms with Crippen LogP contribution in [0, 0.1) is 6.92 Å². The van der Waals surface area contributed by atoms with Crippen molar-refractivity contribution in [2.45, 2.75) is 6.92 Å². The third-order valence-corrected chi connectivity index (χ3v) is 6.60. The Labute approximate surface area is 196 Å². The average molecular weight is 459 g/mol. The largest absolute Gasteiger partial charge is 0.474 e. The molecule has 1 fully saturated rings. The number of H-pyrrole nitrogens is 1. The molecule has 2 aliphatic heterocycles. The van der Waals surface area contributed by atoms with Gasteiger partial charge in [0.1, 0.15) is 23.5 Å². The van der Waals surface area contributed by atoms with Crippen molar-refractivity contribution in [1.29, 1.82) is 0 Å². The highest BCUT2D eigenvalue weighted by Gasteiger charge is 2.20. The molecule has 2 aliphatic rings. The average Bonchev–Trinajstić information content (AvgIpc) is 3.27. The molecule has 0 unspecified atom stereocenters. The van der Waals surface area contributed by atoms with Gasteiger partial charge in [-0.1, -0.05) is 12.1 Å². The molecule has 0 atom stereocenters. The molecule has 6 rings (SSSR count). The van der Waals surface area contributed by atoms with Crippen LogP contribution < -0.4 is 20.5 Å². The number of pyridine rings is 1.